The highest BCUT2D eigenvalue weighted by atomic mass is 19.2. The van der Waals surface area contributed by atoms with E-state index in [0.717, 1.165) is 24.4 Å². The van der Waals surface area contributed by atoms with Crippen LogP contribution in [0, 0.1) is 22.9 Å². The maximum Gasteiger partial charge on any atom is 0.168 e. The summed E-state index contributed by atoms with van der Waals surface area (Å²) in [6, 6.07) is 5.04. The lowest BCUT2D eigenvalue weighted by atomic mass is 9.90. The summed E-state index contributed by atoms with van der Waals surface area (Å²) in [5.74, 6) is -2.40. The van der Waals surface area contributed by atoms with E-state index in [1.165, 1.54) is 25.1 Å². The molecule has 1 aromatic carbocycles. The number of aromatic nitrogens is 3. The maximum atomic E-state index is 14.8. The number of hydrogen-bond acceptors (Lipinski definition) is 3. The van der Waals surface area contributed by atoms with Crippen molar-refractivity contribution >= 4 is 0 Å². The van der Waals surface area contributed by atoms with E-state index in [1.807, 2.05) is 0 Å². The van der Waals surface area contributed by atoms with Gasteiger partial charge in [0.05, 0.1) is 17.5 Å². The van der Waals surface area contributed by atoms with Crippen molar-refractivity contribution in [1.29, 1.82) is 0 Å². The molecule has 3 aromatic rings. The molecule has 4 nitrogen and oxygen atoms in total. The van der Waals surface area contributed by atoms with Gasteiger partial charge in [0.1, 0.15) is 11.6 Å². The first-order chi connectivity index (χ1) is 13.5. The molecule has 2 N–H and O–H groups in total. The third-order valence-corrected chi connectivity index (χ3v) is 4.58. The van der Waals surface area contributed by atoms with Gasteiger partial charge >= 0.3 is 0 Å². The third-order valence-electron chi connectivity index (χ3n) is 4.58. The molecule has 0 aliphatic carbocycles. The fraction of sp³-hybridized carbons (Fsp3) is 0.364. The van der Waals surface area contributed by atoms with Crippen LogP contribution in [0.2, 0.25) is 0 Å². The highest BCUT2D eigenvalue weighted by molar-refractivity contribution is 5.60. The Balaban J connectivity index is 1.87. The number of pyridine rings is 1. The number of hydrogen-bond donors (Lipinski definition) is 2. The summed E-state index contributed by atoms with van der Waals surface area (Å²) in [4.78, 5) is 11.2. The summed E-state index contributed by atoms with van der Waals surface area (Å²) in [6.45, 7) is 7.70. The number of rotatable bonds is 5. The second kappa shape index (κ2) is 7.63. The number of halogens is 3. The van der Waals surface area contributed by atoms with E-state index in [-0.39, 0.29) is 28.7 Å². The smallest absolute Gasteiger partial charge is 0.168 e. The number of H-pyrrole nitrogens is 1. The van der Waals surface area contributed by atoms with Gasteiger partial charge in [-0.25, -0.2) is 18.2 Å². The molecule has 2 aromatic heterocycles. The number of nitrogens with one attached hydrogen (secondary N) is 1. The zero-order valence-electron chi connectivity index (χ0n) is 16.9. The highest BCUT2D eigenvalue weighted by Crippen LogP contribution is 2.32. The minimum Gasteiger partial charge on any atom is -0.385 e. The summed E-state index contributed by atoms with van der Waals surface area (Å²) in [6.07, 6.45) is 3.38. The summed E-state index contributed by atoms with van der Waals surface area (Å²) in [5, 5.41) is 10.9. The number of aromatic amines is 1. The molecule has 0 spiro atoms. The van der Waals surface area contributed by atoms with Crippen LogP contribution < -0.4 is 0 Å². The van der Waals surface area contributed by atoms with E-state index in [4.69, 9.17) is 0 Å². The second-order valence-electron chi connectivity index (χ2n) is 8.69. The van der Waals surface area contributed by atoms with E-state index < -0.39 is 23.1 Å². The van der Waals surface area contributed by atoms with E-state index in [9.17, 15) is 18.3 Å². The van der Waals surface area contributed by atoms with Crippen molar-refractivity contribution in [2.45, 2.75) is 46.1 Å². The lowest BCUT2D eigenvalue weighted by molar-refractivity contribution is 0.0511. The highest BCUT2D eigenvalue weighted by Gasteiger charge is 2.31. The molecular weight excluding hydrogens is 379 g/mol. The molecule has 0 aliphatic rings. The molecule has 0 amide bonds. The van der Waals surface area contributed by atoms with E-state index >= 15 is 0 Å². The quantitative estimate of drug-likeness (QED) is 0.635. The number of imidazole rings is 1. The van der Waals surface area contributed by atoms with E-state index in [1.54, 1.807) is 6.20 Å². The van der Waals surface area contributed by atoms with Gasteiger partial charge in [-0.3, -0.25) is 4.98 Å². The Bertz CT molecular complexity index is 1010. The lowest BCUT2D eigenvalue weighted by Gasteiger charge is -2.24. The fourth-order valence-electron chi connectivity index (χ4n) is 3.28. The van der Waals surface area contributed by atoms with Gasteiger partial charge in [0.15, 0.2) is 11.6 Å². The summed E-state index contributed by atoms with van der Waals surface area (Å²) >= 11 is 0. The standard InChI is InChI=1S/C22H24F3N3O/c1-21(2,3)9-14-12-27-18(28-14)10-22(4,29)16-7-6-15(19(24)20(16)25)17-8-5-13(23)11-26-17/h5-8,11-12,29H,9-10H2,1-4H3,(H,27,28). The average Bonchev–Trinajstić information content (AvgIpc) is 3.02. The molecular formula is C22H24F3N3O. The van der Waals surface area contributed by atoms with E-state index in [0.29, 0.717) is 5.82 Å². The molecule has 7 heteroatoms. The van der Waals surface area contributed by atoms with Crippen LogP contribution in [0.5, 0.6) is 0 Å². The summed E-state index contributed by atoms with van der Waals surface area (Å²) in [7, 11) is 0. The summed E-state index contributed by atoms with van der Waals surface area (Å²) < 4.78 is 42.5. The SMILES string of the molecule is CC(C)(C)Cc1cnc(CC(C)(O)c2ccc(-c3ccc(F)cn3)c(F)c2F)[nH]1. The van der Waals surface area contributed by atoms with Crippen molar-refractivity contribution in [3.05, 3.63) is 71.2 Å². The topological polar surface area (TPSA) is 61.8 Å². The van der Waals surface area contributed by atoms with Crippen LogP contribution in [0.4, 0.5) is 13.2 Å². The van der Waals surface area contributed by atoms with Gasteiger partial charge < -0.3 is 10.1 Å². The minimum atomic E-state index is -1.68. The van der Waals surface area contributed by atoms with Crippen LogP contribution in [0.3, 0.4) is 0 Å². The third kappa shape index (κ3) is 4.85. The fourth-order valence-corrected chi connectivity index (χ4v) is 3.28. The molecule has 0 fully saturated rings. The Morgan fingerprint density at radius 1 is 0.897 bits per heavy atom. The average molecular weight is 403 g/mol. The monoisotopic (exact) mass is 403 g/mol. The van der Waals surface area contributed by atoms with Gasteiger partial charge in [-0.2, -0.15) is 0 Å². The van der Waals surface area contributed by atoms with Crippen LogP contribution in [-0.2, 0) is 18.4 Å². The van der Waals surface area contributed by atoms with Gasteiger partial charge in [0, 0.05) is 29.4 Å². The number of nitrogens with zero attached hydrogens (tertiary/aromatic N) is 2. The van der Waals surface area contributed by atoms with Gasteiger partial charge in [0.2, 0.25) is 0 Å². The molecule has 154 valence electrons. The van der Waals surface area contributed by atoms with Crippen LogP contribution in [0.25, 0.3) is 11.3 Å². The molecule has 2 heterocycles. The first kappa shape index (κ1) is 21.0. The zero-order chi connectivity index (χ0) is 21.4. The van der Waals surface area contributed by atoms with Gasteiger partial charge in [-0.15, -0.1) is 0 Å². The molecule has 1 atom stereocenters. The largest absolute Gasteiger partial charge is 0.385 e. The van der Waals surface area contributed by atoms with Crippen LogP contribution in [0.1, 0.15) is 44.8 Å². The van der Waals surface area contributed by atoms with Gasteiger partial charge in [-0.1, -0.05) is 26.8 Å². The Labute approximate surface area is 167 Å². The minimum absolute atomic E-state index is 0.0123. The van der Waals surface area contributed by atoms with Crippen LogP contribution in [-0.4, -0.2) is 20.1 Å². The lowest BCUT2D eigenvalue weighted by Crippen LogP contribution is -2.27. The van der Waals surface area contributed by atoms with Crippen molar-refractivity contribution in [2.24, 2.45) is 5.41 Å². The molecule has 0 bridgehead atoms. The molecule has 3 rings (SSSR count). The van der Waals surface area contributed by atoms with Crippen molar-refractivity contribution in [3.8, 4) is 11.3 Å². The Morgan fingerprint density at radius 3 is 2.24 bits per heavy atom. The van der Waals surface area contributed by atoms with Crippen molar-refractivity contribution in [3.63, 3.8) is 0 Å². The molecule has 29 heavy (non-hydrogen) atoms. The normalized spacial score (nSPS) is 14.1. The Kier molecular flexibility index (Phi) is 5.54. The predicted octanol–water partition coefficient (Wildman–Crippen LogP) is 4.93. The molecule has 0 radical (unpaired) electrons. The first-order valence-electron chi connectivity index (χ1n) is 9.32. The van der Waals surface area contributed by atoms with Crippen LogP contribution in [0.15, 0.2) is 36.7 Å². The predicted molar refractivity (Wildman–Crippen MR) is 105 cm³/mol. The summed E-state index contributed by atoms with van der Waals surface area (Å²) in [5.41, 5.74) is -0.899. The number of benzene rings is 1. The molecule has 1 unspecified atom stereocenters. The Hall–Kier alpha value is -2.67. The first-order valence-corrected chi connectivity index (χ1v) is 9.32. The molecule has 0 saturated heterocycles. The van der Waals surface area contributed by atoms with Crippen molar-refractivity contribution in [1.82, 2.24) is 15.0 Å². The van der Waals surface area contributed by atoms with Crippen molar-refractivity contribution < 1.29 is 18.3 Å². The van der Waals surface area contributed by atoms with Crippen molar-refractivity contribution in [2.75, 3.05) is 0 Å². The van der Waals surface area contributed by atoms with Gasteiger partial charge in [-0.05, 0) is 37.0 Å². The Morgan fingerprint density at radius 2 is 1.62 bits per heavy atom. The number of aliphatic hydroxyl groups is 1. The van der Waals surface area contributed by atoms with Crippen LogP contribution >= 0.6 is 0 Å². The molecule has 0 aliphatic heterocycles. The maximum absolute atomic E-state index is 14.8. The van der Waals surface area contributed by atoms with E-state index in [2.05, 4.69) is 35.7 Å². The second-order valence-corrected chi connectivity index (χ2v) is 8.69. The van der Waals surface area contributed by atoms with Gasteiger partial charge in [0.25, 0.3) is 0 Å². The molecule has 0 saturated carbocycles. The zero-order valence-corrected chi connectivity index (χ0v) is 16.9.